The summed E-state index contributed by atoms with van der Waals surface area (Å²) in [4.78, 5) is 72.6. The molecule has 0 radical (unpaired) electrons. The summed E-state index contributed by atoms with van der Waals surface area (Å²) < 4.78 is 6.57. The molecule has 0 saturated heterocycles. The number of unbranched alkanes of at least 4 members (excludes halogenated alkanes) is 6. The first-order valence-electron chi connectivity index (χ1n) is 10.4. The number of hydrogen-bond acceptors (Lipinski definition) is 9. The van der Waals surface area contributed by atoms with Crippen LogP contribution in [0, 0.1) is 0 Å². The summed E-state index contributed by atoms with van der Waals surface area (Å²) in [7, 11) is 1.28. The van der Waals surface area contributed by atoms with E-state index in [1.54, 1.807) is 0 Å². The summed E-state index contributed by atoms with van der Waals surface area (Å²) in [5.41, 5.74) is -2.73. The highest BCUT2D eigenvalue weighted by Crippen LogP contribution is 2.02. The quantitative estimate of drug-likeness (QED) is 0.224. The lowest BCUT2D eigenvalue weighted by Gasteiger charge is -2.11. The lowest BCUT2D eigenvalue weighted by molar-refractivity contribution is 0.171. The average Bonchev–Trinajstić information content (AvgIpc) is 2.79. The van der Waals surface area contributed by atoms with Crippen molar-refractivity contribution in [1.82, 2.24) is 19.1 Å². The van der Waals surface area contributed by atoms with Crippen LogP contribution in [-0.2, 0) is 27.4 Å². The van der Waals surface area contributed by atoms with Gasteiger partial charge in [0, 0.05) is 19.6 Å². The molecule has 1 amide bonds. The fourth-order valence-electron chi connectivity index (χ4n) is 3.00. The maximum Gasteiger partial charge on any atom is 0.406 e. The maximum absolute atomic E-state index is 12.7. The molecule has 0 spiro atoms. The van der Waals surface area contributed by atoms with Gasteiger partial charge in [-0.05, 0) is 25.7 Å². The number of hydrogen-bond donors (Lipinski definition) is 1. The number of ether oxygens (including phenoxy) is 1. The third-order valence-electron chi connectivity index (χ3n) is 4.66. The molecule has 32 heavy (non-hydrogen) atoms. The van der Waals surface area contributed by atoms with Crippen molar-refractivity contribution in [2.75, 3.05) is 20.2 Å². The Kier molecular flexibility index (Phi) is 12.6. The summed E-state index contributed by atoms with van der Waals surface area (Å²) in [5.74, 6) is 0. The highest BCUT2D eigenvalue weighted by atomic mass is 16.5. The number of rotatable bonds is 15. The van der Waals surface area contributed by atoms with Crippen LogP contribution in [0.1, 0.15) is 51.4 Å². The minimum Gasteiger partial charge on any atom is -0.453 e. The molecule has 0 unspecified atom stereocenters. The standard InChI is InChI=1S/C19H28N6O7/c1-32-16(28)21-11-7-3-5-9-13-24-17(29)23(12-8-4-2-6-10-20-14-26)18(30)25(19(24)31)22-15-27/h2-13H2,1H3,(H,21,28). The number of nitrogens with zero attached hydrogens (tertiary/aromatic N) is 5. The smallest absolute Gasteiger partial charge is 0.406 e. The van der Waals surface area contributed by atoms with Gasteiger partial charge in [-0.1, -0.05) is 30.8 Å². The average molecular weight is 452 g/mol. The fourth-order valence-corrected chi connectivity index (χ4v) is 3.00. The second-order valence-corrected chi connectivity index (χ2v) is 6.87. The van der Waals surface area contributed by atoms with E-state index in [9.17, 15) is 28.8 Å². The van der Waals surface area contributed by atoms with E-state index in [0.29, 0.717) is 56.3 Å². The van der Waals surface area contributed by atoms with Crippen LogP contribution in [0.25, 0.3) is 0 Å². The summed E-state index contributed by atoms with van der Waals surface area (Å²) >= 11 is 0. The van der Waals surface area contributed by atoms with Crippen LogP contribution in [-0.4, -0.2) is 52.3 Å². The van der Waals surface area contributed by atoms with Crippen LogP contribution in [0.4, 0.5) is 4.79 Å². The van der Waals surface area contributed by atoms with Crippen LogP contribution in [0.15, 0.2) is 24.5 Å². The van der Waals surface area contributed by atoms with E-state index >= 15 is 0 Å². The first-order valence-corrected chi connectivity index (χ1v) is 10.4. The van der Waals surface area contributed by atoms with E-state index in [0.717, 1.165) is 28.1 Å². The molecule has 0 saturated carbocycles. The van der Waals surface area contributed by atoms with Crippen LogP contribution < -0.4 is 22.4 Å². The molecular formula is C19H28N6O7. The first kappa shape index (κ1) is 26.5. The van der Waals surface area contributed by atoms with Crippen molar-refractivity contribution in [3.05, 3.63) is 31.5 Å². The van der Waals surface area contributed by atoms with Crippen molar-refractivity contribution < 1.29 is 19.1 Å². The number of nitrogens with one attached hydrogen (secondary N) is 1. The summed E-state index contributed by atoms with van der Waals surface area (Å²) in [6, 6.07) is 0. The molecule has 1 rings (SSSR count). The largest absolute Gasteiger partial charge is 0.453 e. The molecule has 0 fully saturated rings. The second-order valence-electron chi connectivity index (χ2n) is 6.87. The number of aliphatic imine (C=N–C) groups is 1. The minimum atomic E-state index is -0.987. The number of methoxy groups -OCH3 is 1. The van der Waals surface area contributed by atoms with E-state index in [4.69, 9.17) is 0 Å². The van der Waals surface area contributed by atoms with Gasteiger partial charge in [-0.15, -0.1) is 4.68 Å². The van der Waals surface area contributed by atoms with Crippen molar-refractivity contribution in [3.63, 3.8) is 0 Å². The van der Waals surface area contributed by atoms with Crippen LogP contribution in [0.5, 0.6) is 0 Å². The normalized spacial score (nSPS) is 10.2. The number of aromatic nitrogens is 3. The SMILES string of the molecule is COC(=O)NCCCCCCn1c(=O)n(CCCCCCN=C=O)c(=O)n(N=C=O)c1=O. The third-order valence-corrected chi connectivity index (χ3v) is 4.66. The van der Waals surface area contributed by atoms with E-state index in [1.807, 2.05) is 0 Å². The monoisotopic (exact) mass is 452 g/mol. The molecule has 1 aromatic rings. The number of amides is 1. The summed E-state index contributed by atoms with van der Waals surface area (Å²) in [6.07, 6.45) is 7.28. The van der Waals surface area contributed by atoms with Gasteiger partial charge in [0.2, 0.25) is 6.08 Å². The molecular weight excluding hydrogens is 424 g/mol. The van der Waals surface area contributed by atoms with E-state index < -0.39 is 23.2 Å². The van der Waals surface area contributed by atoms with Crippen LogP contribution in [0.3, 0.4) is 0 Å². The molecule has 1 heterocycles. The summed E-state index contributed by atoms with van der Waals surface area (Å²) in [5, 5.41) is 5.70. The van der Waals surface area contributed by atoms with Crippen molar-refractivity contribution in [2.45, 2.75) is 64.5 Å². The predicted molar refractivity (Wildman–Crippen MR) is 113 cm³/mol. The Morgan fingerprint density at radius 3 is 1.94 bits per heavy atom. The minimum absolute atomic E-state index is 0.0560. The molecule has 0 aromatic carbocycles. The van der Waals surface area contributed by atoms with E-state index in [2.05, 4.69) is 20.1 Å². The molecule has 13 nitrogen and oxygen atoms in total. The number of alkyl carbamates (subject to hydrolysis) is 1. The summed E-state index contributed by atoms with van der Waals surface area (Å²) in [6.45, 7) is 0.927. The van der Waals surface area contributed by atoms with Gasteiger partial charge in [-0.3, -0.25) is 0 Å². The first-order chi connectivity index (χ1) is 15.5. The Morgan fingerprint density at radius 2 is 1.41 bits per heavy atom. The van der Waals surface area contributed by atoms with Gasteiger partial charge in [-0.25, -0.2) is 42.9 Å². The molecule has 176 valence electrons. The topological polar surface area (TPSA) is 163 Å². The second kappa shape index (κ2) is 15.3. The predicted octanol–water partition coefficient (Wildman–Crippen LogP) is 0.0832. The molecule has 0 aliphatic rings. The molecule has 1 N–H and O–H groups in total. The van der Waals surface area contributed by atoms with Gasteiger partial charge < -0.3 is 10.1 Å². The van der Waals surface area contributed by atoms with Crippen molar-refractivity contribution in [2.24, 2.45) is 10.1 Å². The van der Waals surface area contributed by atoms with Gasteiger partial charge in [-0.2, -0.15) is 0 Å². The number of carbonyl (C=O) groups excluding carboxylic acids is 3. The zero-order valence-corrected chi connectivity index (χ0v) is 18.1. The Bertz CT molecular complexity index is 1010. The Morgan fingerprint density at radius 1 is 0.844 bits per heavy atom. The van der Waals surface area contributed by atoms with Crippen LogP contribution in [0.2, 0.25) is 0 Å². The number of carbonyl (C=O) groups is 1. The van der Waals surface area contributed by atoms with Gasteiger partial charge >= 0.3 is 23.2 Å². The van der Waals surface area contributed by atoms with Gasteiger partial charge in [0.05, 0.1) is 13.7 Å². The molecule has 13 heteroatoms. The highest BCUT2D eigenvalue weighted by Gasteiger charge is 2.15. The molecule has 0 atom stereocenters. The molecule has 0 bridgehead atoms. The van der Waals surface area contributed by atoms with Crippen molar-refractivity contribution >= 4 is 18.3 Å². The Hall–Kier alpha value is -3.56. The zero-order valence-electron chi connectivity index (χ0n) is 18.1. The maximum atomic E-state index is 12.7. The lowest BCUT2D eigenvalue weighted by Crippen LogP contribution is -2.53. The van der Waals surface area contributed by atoms with Crippen LogP contribution >= 0.6 is 0 Å². The Labute approximate surface area is 183 Å². The van der Waals surface area contributed by atoms with E-state index in [1.165, 1.54) is 13.2 Å². The molecule has 0 aliphatic carbocycles. The van der Waals surface area contributed by atoms with Crippen molar-refractivity contribution in [3.8, 4) is 0 Å². The number of isocyanates is 2. The van der Waals surface area contributed by atoms with E-state index in [-0.39, 0.29) is 13.1 Å². The highest BCUT2D eigenvalue weighted by molar-refractivity contribution is 5.66. The van der Waals surface area contributed by atoms with Crippen molar-refractivity contribution in [1.29, 1.82) is 0 Å². The Balaban J connectivity index is 2.77. The lowest BCUT2D eigenvalue weighted by atomic mass is 10.2. The fraction of sp³-hybridized carbons (Fsp3) is 0.684. The molecule has 0 aliphatic heterocycles. The molecule has 1 aromatic heterocycles. The van der Waals surface area contributed by atoms with Gasteiger partial charge in [0.15, 0.2) is 0 Å². The third kappa shape index (κ3) is 8.66. The zero-order chi connectivity index (χ0) is 23.8. The van der Waals surface area contributed by atoms with Gasteiger partial charge in [0.1, 0.15) is 0 Å². The van der Waals surface area contributed by atoms with Gasteiger partial charge in [0.25, 0.3) is 6.08 Å².